The van der Waals surface area contributed by atoms with Crippen molar-refractivity contribution in [1.29, 1.82) is 0 Å². The lowest BCUT2D eigenvalue weighted by atomic mass is 10.1. The molecule has 0 aliphatic rings. The van der Waals surface area contributed by atoms with Gasteiger partial charge in [-0.1, -0.05) is 36.4 Å². The average molecular weight is 278 g/mol. The fourth-order valence-electron chi connectivity index (χ4n) is 2.55. The molecule has 0 aliphatic carbocycles. The molecule has 0 amide bonds. The number of hydrogen-bond acceptors (Lipinski definition) is 3. The maximum atomic E-state index is 14.0. The molecule has 0 saturated heterocycles. The summed E-state index contributed by atoms with van der Waals surface area (Å²) < 4.78 is 15.6. The summed E-state index contributed by atoms with van der Waals surface area (Å²) in [7, 11) is 0. The van der Waals surface area contributed by atoms with Gasteiger partial charge in [0.05, 0.1) is 11.3 Å². The first kappa shape index (κ1) is 12.0. The molecule has 4 aromatic rings. The summed E-state index contributed by atoms with van der Waals surface area (Å²) in [5, 5.41) is 14.8. The minimum absolute atomic E-state index is 0.334. The van der Waals surface area contributed by atoms with Crippen LogP contribution in [0.1, 0.15) is 5.69 Å². The van der Waals surface area contributed by atoms with E-state index in [1.807, 2.05) is 31.2 Å². The Hall–Kier alpha value is -2.82. The maximum Gasteiger partial charge on any atom is 0.188 e. The van der Waals surface area contributed by atoms with Gasteiger partial charge in [0.1, 0.15) is 5.82 Å². The van der Waals surface area contributed by atoms with Gasteiger partial charge in [0, 0.05) is 10.8 Å². The Morgan fingerprint density at radius 2 is 1.62 bits per heavy atom. The summed E-state index contributed by atoms with van der Waals surface area (Å²) in [6.45, 7) is 1.92. The van der Waals surface area contributed by atoms with E-state index in [0.717, 1.165) is 16.5 Å². The number of aryl methyl sites for hydroxylation is 1. The van der Waals surface area contributed by atoms with Crippen LogP contribution in [0.25, 0.3) is 27.8 Å². The molecule has 2 aromatic heterocycles. The molecule has 21 heavy (non-hydrogen) atoms. The summed E-state index contributed by atoms with van der Waals surface area (Å²) in [5.74, 6) is 0.0800. The van der Waals surface area contributed by atoms with E-state index >= 15 is 0 Å². The van der Waals surface area contributed by atoms with Gasteiger partial charge >= 0.3 is 0 Å². The molecule has 0 unspecified atom stereocenters. The molecule has 0 bridgehead atoms. The highest BCUT2D eigenvalue weighted by Crippen LogP contribution is 2.25. The van der Waals surface area contributed by atoms with Crippen molar-refractivity contribution >= 4 is 16.4 Å². The molecule has 5 heteroatoms. The van der Waals surface area contributed by atoms with Gasteiger partial charge in [-0.05, 0) is 19.1 Å². The van der Waals surface area contributed by atoms with Crippen LogP contribution in [0.15, 0.2) is 48.5 Å². The Kier molecular flexibility index (Phi) is 2.47. The molecule has 102 valence electrons. The van der Waals surface area contributed by atoms with E-state index in [-0.39, 0.29) is 5.82 Å². The second-order valence-corrected chi connectivity index (χ2v) is 4.87. The van der Waals surface area contributed by atoms with Gasteiger partial charge < -0.3 is 0 Å². The van der Waals surface area contributed by atoms with E-state index in [0.29, 0.717) is 17.0 Å². The highest BCUT2D eigenvalue weighted by molar-refractivity contribution is 5.95. The van der Waals surface area contributed by atoms with E-state index in [2.05, 4.69) is 15.3 Å². The molecule has 2 heterocycles. The predicted octanol–water partition coefficient (Wildman–Crippen LogP) is 3.39. The number of halogens is 1. The monoisotopic (exact) mass is 278 g/mol. The van der Waals surface area contributed by atoms with Crippen molar-refractivity contribution in [2.75, 3.05) is 0 Å². The van der Waals surface area contributed by atoms with Crippen molar-refractivity contribution in [2.24, 2.45) is 0 Å². The molecule has 0 atom stereocenters. The van der Waals surface area contributed by atoms with Crippen molar-refractivity contribution in [3.63, 3.8) is 0 Å². The number of aromatic nitrogens is 4. The smallest absolute Gasteiger partial charge is 0.188 e. The lowest BCUT2D eigenvalue weighted by Crippen LogP contribution is -1.99. The molecule has 0 aliphatic heterocycles. The lowest BCUT2D eigenvalue weighted by Gasteiger charge is -2.05. The molecule has 0 radical (unpaired) electrons. The predicted molar refractivity (Wildman–Crippen MR) is 78.4 cm³/mol. The quantitative estimate of drug-likeness (QED) is 0.536. The van der Waals surface area contributed by atoms with Crippen LogP contribution >= 0.6 is 0 Å². The first-order chi connectivity index (χ1) is 10.3. The third-order valence-electron chi connectivity index (χ3n) is 3.56. The standard InChI is InChI=1S/C16H11FN4/c1-10-11-6-2-3-7-12(11)15-18-19-16(21(15)20-10)13-8-4-5-9-14(13)17/h2-9H,1H3. The Morgan fingerprint density at radius 3 is 2.43 bits per heavy atom. The summed E-state index contributed by atoms with van der Waals surface area (Å²) in [4.78, 5) is 0. The summed E-state index contributed by atoms with van der Waals surface area (Å²) in [6.07, 6.45) is 0. The Balaban J connectivity index is 2.12. The first-order valence-corrected chi connectivity index (χ1v) is 6.61. The third kappa shape index (κ3) is 1.71. The van der Waals surface area contributed by atoms with Crippen LogP contribution in [0, 0.1) is 12.7 Å². The molecule has 0 saturated carbocycles. The van der Waals surface area contributed by atoms with Crippen LogP contribution in [0.2, 0.25) is 0 Å². The molecule has 2 aromatic carbocycles. The number of benzene rings is 2. The molecule has 0 spiro atoms. The zero-order chi connectivity index (χ0) is 14.4. The van der Waals surface area contributed by atoms with Gasteiger partial charge in [0.25, 0.3) is 0 Å². The van der Waals surface area contributed by atoms with Crippen molar-refractivity contribution in [3.8, 4) is 11.4 Å². The van der Waals surface area contributed by atoms with Gasteiger partial charge in [-0.25, -0.2) is 4.39 Å². The largest absolute Gasteiger partial charge is 0.206 e. The third-order valence-corrected chi connectivity index (χ3v) is 3.56. The average Bonchev–Trinajstić information content (AvgIpc) is 2.92. The van der Waals surface area contributed by atoms with Crippen LogP contribution in [0.3, 0.4) is 0 Å². The number of fused-ring (bicyclic) bond motifs is 3. The molecular formula is C16H11FN4. The minimum atomic E-state index is -0.334. The van der Waals surface area contributed by atoms with Crippen molar-refractivity contribution in [2.45, 2.75) is 6.92 Å². The van der Waals surface area contributed by atoms with E-state index in [9.17, 15) is 4.39 Å². The highest BCUT2D eigenvalue weighted by Gasteiger charge is 2.15. The van der Waals surface area contributed by atoms with Gasteiger partial charge in [-0.15, -0.1) is 10.2 Å². The van der Waals surface area contributed by atoms with Gasteiger partial charge in [-0.2, -0.15) is 9.61 Å². The fraction of sp³-hybridized carbons (Fsp3) is 0.0625. The lowest BCUT2D eigenvalue weighted by molar-refractivity contribution is 0.629. The number of hydrogen-bond donors (Lipinski definition) is 0. The Labute approximate surface area is 119 Å². The summed E-state index contributed by atoms with van der Waals surface area (Å²) in [5.41, 5.74) is 1.89. The van der Waals surface area contributed by atoms with Crippen LogP contribution in [0.5, 0.6) is 0 Å². The van der Waals surface area contributed by atoms with E-state index in [4.69, 9.17) is 0 Å². The van der Waals surface area contributed by atoms with E-state index in [1.54, 1.807) is 22.7 Å². The molecule has 0 N–H and O–H groups in total. The van der Waals surface area contributed by atoms with Crippen LogP contribution in [-0.2, 0) is 0 Å². The highest BCUT2D eigenvalue weighted by atomic mass is 19.1. The van der Waals surface area contributed by atoms with Gasteiger partial charge in [0.15, 0.2) is 11.5 Å². The number of nitrogens with zero attached hydrogens (tertiary/aromatic N) is 4. The minimum Gasteiger partial charge on any atom is -0.206 e. The second kappa shape index (κ2) is 4.34. The van der Waals surface area contributed by atoms with E-state index < -0.39 is 0 Å². The fourth-order valence-corrected chi connectivity index (χ4v) is 2.55. The molecule has 0 fully saturated rings. The van der Waals surface area contributed by atoms with Crippen molar-refractivity contribution < 1.29 is 4.39 Å². The Morgan fingerprint density at radius 1 is 0.905 bits per heavy atom. The zero-order valence-electron chi connectivity index (χ0n) is 11.3. The van der Waals surface area contributed by atoms with Gasteiger partial charge in [-0.3, -0.25) is 0 Å². The second-order valence-electron chi connectivity index (χ2n) is 4.87. The van der Waals surface area contributed by atoms with Crippen molar-refractivity contribution in [3.05, 3.63) is 60.0 Å². The van der Waals surface area contributed by atoms with E-state index in [1.165, 1.54) is 6.07 Å². The SMILES string of the molecule is Cc1nn2c(-c3ccccc3F)nnc2c2ccccc12. The normalized spacial score (nSPS) is 11.3. The van der Waals surface area contributed by atoms with Crippen LogP contribution < -0.4 is 0 Å². The summed E-state index contributed by atoms with van der Waals surface area (Å²) >= 11 is 0. The first-order valence-electron chi connectivity index (χ1n) is 6.61. The summed E-state index contributed by atoms with van der Waals surface area (Å²) in [6, 6.07) is 14.4. The maximum absolute atomic E-state index is 14.0. The molecular weight excluding hydrogens is 267 g/mol. The van der Waals surface area contributed by atoms with Gasteiger partial charge in [0.2, 0.25) is 0 Å². The number of rotatable bonds is 1. The molecule has 4 rings (SSSR count). The zero-order valence-corrected chi connectivity index (χ0v) is 11.3. The molecule has 4 nitrogen and oxygen atoms in total. The Bertz CT molecular complexity index is 975. The topological polar surface area (TPSA) is 43.1 Å². The van der Waals surface area contributed by atoms with Crippen LogP contribution in [0.4, 0.5) is 4.39 Å². The van der Waals surface area contributed by atoms with Crippen LogP contribution in [-0.4, -0.2) is 19.8 Å². The van der Waals surface area contributed by atoms with Crippen molar-refractivity contribution in [1.82, 2.24) is 19.8 Å².